The van der Waals surface area contributed by atoms with E-state index < -0.39 is 6.10 Å². The highest BCUT2D eigenvalue weighted by Gasteiger charge is 2.15. The standard InChI is InChI=1S/C11H14N2OS2/c1-2-9-11(16-13-12-9)10(14)4-3-8-5-6-15-7-8/h5-7,10,14H,2-4H2,1H3. The molecule has 3 nitrogen and oxygen atoms in total. The van der Waals surface area contributed by atoms with Gasteiger partial charge in [0.1, 0.15) is 0 Å². The number of aliphatic hydroxyl groups excluding tert-OH is 1. The molecule has 16 heavy (non-hydrogen) atoms. The summed E-state index contributed by atoms with van der Waals surface area (Å²) in [6.07, 6.45) is 2.07. The second-order valence-corrected chi connectivity index (χ2v) is 5.19. The molecule has 0 saturated heterocycles. The minimum atomic E-state index is -0.421. The monoisotopic (exact) mass is 254 g/mol. The Kier molecular flexibility index (Phi) is 4.04. The Labute approximate surface area is 103 Å². The summed E-state index contributed by atoms with van der Waals surface area (Å²) >= 11 is 3.00. The van der Waals surface area contributed by atoms with Crippen molar-refractivity contribution in [1.82, 2.24) is 9.59 Å². The first-order valence-corrected chi connectivity index (χ1v) is 7.03. The molecule has 0 aliphatic heterocycles. The number of rotatable bonds is 5. The van der Waals surface area contributed by atoms with E-state index in [1.165, 1.54) is 17.1 Å². The number of thiophene rings is 1. The van der Waals surface area contributed by atoms with Gasteiger partial charge in [-0.1, -0.05) is 11.4 Å². The van der Waals surface area contributed by atoms with Gasteiger partial charge in [0, 0.05) is 0 Å². The molecule has 0 aliphatic carbocycles. The van der Waals surface area contributed by atoms with Crippen molar-refractivity contribution in [3.05, 3.63) is 33.0 Å². The molecule has 0 saturated carbocycles. The fraction of sp³-hybridized carbons (Fsp3) is 0.455. The van der Waals surface area contributed by atoms with Crippen LogP contribution in [0.4, 0.5) is 0 Å². The van der Waals surface area contributed by atoms with Gasteiger partial charge in [-0.15, -0.1) is 5.10 Å². The summed E-state index contributed by atoms with van der Waals surface area (Å²) in [7, 11) is 0. The molecule has 0 fully saturated rings. The number of hydrogen-bond donors (Lipinski definition) is 1. The number of aryl methyl sites for hydroxylation is 2. The van der Waals surface area contributed by atoms with Crippen LogP contribution in [0.25, 0.3) is 0 Å². The maximum absolute atomic E-state index is 10.1. The van der Waals surface area contributed by atoms with Gasteiger partial charge in [-0.25, -0.2) is 0 Å². The van der Waals surface area contributed by atoms with Crippen molar-refractivity contribution in [3.8, 4) is 0 Å². The molecule has 0 radical (unpaired) electrons. The van der Waals surface area contributed by atoms with Crippen molar-refractivity contribution >= 4 is 22.9 Å². The van der Waals surface area contributed by atoms with Gasteiger partial charge >= 0.3 is 0 Å². The van der Waals surface area contributed by atoms with Crippen molar-refractivity contribution in [2.24, 2.45) is 0 Å². The summed E-state index contributed by atoms with van der Waals surface area (Å²) in [5.41, 5.74) is 2.22. The summed E-state index contributed by atoms with van der Waals surface area (Å²) in [6.45, 7) is 2.03. The van der Waals surface area contributed by atoms with Crippen LogP contribution in [-0.2, 0) is 12.8 Å². The van der Waals surface area contributed by atoms with Gasteiger partial charge in [0.2, 0.25) is 0 Å². The van der Waals surface area contributed by atoms with E-state index in [1.807, 2.05) is 6.92 Å². The van der Waals surface area contributed by atoms with Crippen LogP contribution in [0.3, 0.4) is 0 Å². The largest absolute Gasteiger partial charge is 0.387 e. The van der Waals surface area contributed by atoms with E-state index in [2.05, 4.69) is 26.4 Å². The topological polar surface area (TPSA) is 46.0 Å². The average molecular weight is 254 g/mol. The van der Waals surface area contributed by atoms with Gasteiger partial charge in [0.05, 0.1) is 16.7 Å². The molecule has 86 valence electrons. The molecule has 2 rings (SSSR count). The Bertz CT molecular complexity index is 425. The van der Waals surface area contributed by atoms with Crippen LogP contribution in [0.2, 0.25) is 0 Å². The van der Waals surface area contributed by atoms with Gasteiger partial charge < -0.3 is 5.11 Å². The van der Waals surface area contributed by atoms with Crippen LogP contribution in [0.1, 0.15) is 35.6 Å². The normalized spacial score (nSPS) is 12.9. The molecule has 2 heterocycles. The summed E-state index contributed by atoms with van der Waals surface area (Å²) < 4.78 is 3.89. The highest BCUT2D eigenvalue weighted by atomic mass is 32.1. The molecule has 0 spiro atoms. The van der Waals surface area contributed by atoms with Crippen molar-refractivity contribution < 1.29 is 5.11 Å². The summed E-state index contributed by atoms with van der Waals surface area (Å²) in [5.74, 6) is 0. The Morgan fingerprint density at radius 2 is 2.38 bits per heavy atom. The molecule has 2 aromatic heterocycles. The maximum Gasteiger partial charge on any atom is 0.0920 e. The highest BCUT2D eigenvalue weighted by Crippen LogP contribution is 2.25. The van der Waals surface area contributed by atoms with E-state index in [0.29, 0.717) is 0 Å². The lowest BCUT2D eigenvalue weighted by molar-refractivity contribution is 0.170. The zero-order valence-electron chi connectivity index (χ0n) is 9.09. The van der Waals surface area contributed by atoms with Crippen molar-refractivity contribution in [2.45, 2.75) is 32.3 Å². The van der Waals surface area contributed by atoms with Crippen LogP contribution < -0.4 is 0 Å². The van der Waals surface area contributed by atoms with Gasteiger partial charge in [-0.2, -0.15) is 11.3 Å². The first-order chi connectivity index (χ1) is 7.81. The quantitative estimate of drug-likeness (QED) is 0.892. The molecule has 1 unspecified atom stereocenters. The molecule has 0 amide bonds. The lowest BCUT2D eigenvalue weighted by Crippen LogP contribution is -2.00. The second kappa shape index (κ2) is 5.52. The zero-order valence-corrected chi connectivity index (χ0v) is 10.7. The van der Waals surface area contributed by atoms with Gasteiger partial charge in [0.25, 0.3) is 0 Å². The number of hydrogen-bond acceptors (Lipinski definition) is 5. The second-order valence-electron chi connectivity index (χ2n) is 3.62. The van der Waals surface area contributed by atoms with E-state index in [4.69, 9.17) is 0 Å². The smallest absolute Gasteiger partial charge is 0.0920 e. The third kappa shape index (κ3) is 2.66. The van der Waals surface area contributed by atoms with E-state index in [9.17, 15) is 5.11 Å². The minimum Gasteiger partial charge on any atom is -0.387 e. The molecule has 0 aromatic carbocycles. The lowest BCUT2D eigenvalue weighted by atomic mass is 10.1. The predicted molar refractivity (Wildman–Crippen MR) is 66.9 cm³/mol. The Morgan fingerprint density at radius 1 is 1.50 bits per heavy atom. The summed E-state index contributed by atoms with van der Waals surface area (Å²) in [6, 6.07) is 2.10. The predicted octanol–water partition coefficient (Wildman–Crippen LogP) is 2.83. The van der Waals surface area contributed by atoms with E-state index in [1.54, 1.807) is 11.3 Å². The fourth-order valence-corrected chi connectivity index (χ4v) is 3.04. The highest BCUT2D eigenvalue weighted by molar-refractivity contribution is 7.08. The fourth-order valence-electron chi connectivity index (χ4n) is 1.58. The zero-order chi connectivity index (χ0) is 11.4. The van der Waals surface area contributed by atoms with Crippen molar-refractivity contribution in [3.63, 3.8) is 0 Å². The summed E-state index contributed by atoms with van der Waals surface area (Å²) in [4.78, 5) is 0.928. The summed E-state index contributed by atoms with van der Waals surface area (Å²) in [5, 5.41) is 18.3. The Morgan fingerprint density at radius 3 is 3.06 bits per heavy atom. The van der Waals surface area contributed by atoms with Crippen LogP contribution in [0, 0.1) is 0 Å². The van der Waals surface area contributed by atoms with Gasteiger partial charge in [-0.05, 0) is 53.2 Å². The van der Waals surface area contributed by atoms with Crippen LogP contribution in [-0.4, -0.2) is 14.7 Å². The van der Waals surface area contributed by atoms with Crippen LogP contribution in [0.15, 0.2) is 16.8 Å². The first kappa shape index (κ1) is 11.7. The molecular weight excluding hydrogens is 240 g/mol. The molecule has 0 aliphatic rings. The molecule has 2 aromatic rings. The third-order valence-electron chi connectivity index (χ3n) is 2.51. The number of nitrogens with zero attached hydrogens (tertiary/aromatic N) is 2. The number of aliphatic hydroxyl groups is 1. The van der Waals surface area contributed by atoms with E-state index in [-0.39, 0.29) is 0 Å². The first-order valence-electron chi connectivity index (χ1n) is 5.31. The number of aromatic nitrogens is 2. The average Bonchev–Trinajstić information content (AvgIpc) is 2.96. The Balaban J connectivity index is 1.95. The molecular formula is C11H14N2OS2. The van der Waals surface area contributed by atoms with Crippen molar-refractivity contribution in [1.29, 1.82) is 0 Å². The SMILES string of the molecule is CCc1nnsc1C(O)CCc1ccsc1. The molecule has 1 N–H and O–H groups in total. The van der Waals surface area contributed by atoms with Crippen LogP contribution in [0.5, 0.6) is 0 Å². The van der Waals surface area contributed by atoms with Gasteiger partial charge in [0.15, 0.2) is 0 Å². The maximum atomic E-state index is 10.1. The Hall–Kier alpha value is -0.780. The van der Waals surface area contributed by atoms with E-state index in [0.717, 1.165) is 29.8 Å². The molecule has 1 atom stereocenters. The lowest BCUT2D eigenvalue weighted by Gasteiger charge is -2.08. The molecule has 5 heteroatoms. The van der Waals surface area contributed by atoms with Crippen molar-refractivity contribution in [2.75, 3.05) is 0 Å². The molecule has 0 bridgehead atoms. The minimum absolute atomic E-state index is 0.421. The third-order valence-corrected chi connectivity index (χ3v) is 4.11. The van der Waals surface area contributed by atoms with Gasteiger partial charge in [-0.3, -0.25) is 0 Å². The van der Waals surface area contributed by atoms with E-state index >= 15 is 0 Å². The van der Waals surface area contributed by atoms with Crippen LogP contribution >= 0.6 is 22.9 Å².